The minimum atomic E-state index is -1.13. The molecule has 3 rings (SSSR count). The summed E-state index contributed by atoms with van der Waals surface area (Å²) in [6.07, 6.45) is 5.73. The molecule has 3 N–H and O–H groups in total. The molecular formula is C23H30ClN3O4S2. The van der Waals surface area contributed by atoms with Gasteiger partial charge in [0.1, 0.15) is 11.6 Å². The molecule has 1 aliphatic carbocycles. The minimum Gasteiger partial charge on any atom is -0.480 e. The average Bonchev–Trinajstić information content (AvgIpc) is 3.47. The van der Waals surface area contributed by atoms with Crippen molar-refractivity contribution in [1.29, 1.82) is 0 Å². The Labute approximate surface area is 209 Å². The van der Waals surface area contributed by atoms with E-state index < -0.39 is 28.7 Å². The summed E-state index contributed by atoms with van der Waals surface area (Å²) in [4.78, 5) is 43.1. The first kappa shape index (κ1) is 27.1. The summed E-state index contributed by atoms with van der Waals surface area (Å²) < 4.78 is 0. The zero-order valence-corrected chi connectivity index (χ0v) is 21.0. The van der Waals surface area contributed by atoms with Gasteiger partial charge in [0, 0.05) is 12.6 Å². The third-order valence-corrected chi connectivity index (χ3v) is 7.15. The first-order valence-electron chi connectivity index (χ1n) is 10.9. The number of carboxylic acid groups (broad SMARTS) is 1. The van der Waals surface area contributed by atoms with E-state index in [4.69, 9.17) is 0 Å². The highest BCUT2D eigenvalue weighted by Crippen LogP contribution is 2.31. The van der Waals surface area contributed by atoms with Gasteiger partial charge in [-0.25, -0.2) is 4.79 Å². The van der Waals surface area contributed by atoms with Gasteiger partial charge in [-0.05, 0) is 42.3 Å². The molecule has 7 nitrogen and oxygen atoms in total. The highest BCUT2D eigenvalue weighted by molar-refractivity contribution is 7.81. The Morgan fingerprint density at radius 1 is 1.24 bits per heavy atom. The molecular weight excluding hydrogens is 482 g/mol. The van der Waals surface area contributed by atoms with Crippen LogP contribution in [-0.2, 0) is 20.8 Å². The predicted molar refractivity (Wildman–Crippen MR) is 135 cm³/mol. The van der Waals surface area contributed by atoms with Crippen LogP contribution in [-0.4, -0.2) is 44.7 Å². The Hall–Kier alpha value is -2.10. The summed E-state index contributed by atoms with van der Waals surface area (Å²) >= 11 is 5.92. The molecule has 2 aromatic rings. The number of nitrogens with one attached hydrogen (secondary N) is 2. The zero-order valence-electron chi connectivity index (χ0n) is 18.5. The fourth-order valence-electron chi connectivity index (χ4n) is 3.96. The van der Waals surface area contributed by atoms with E-state index >= 15 is 0 Å². The predicted octanol–water partition coefficient (Wildman–Crippen LogP) is 3.87. The van der Waals surface area contributed by atoms with Gasteiger partial charge < -0.3 is 15.7 Å². The van der Waals surface area contributed by atoms with E-state index in [0.29, 0.717) is 24.8 Å². The SMILES string of the molecule is CCC[C@H](S)C(=O)NC1(C(=O)N[C@@H](Cc2ccc(-c3cccs3)nc2)C(=O)O)CCCC1.Cl. The maximum Gasteiger partial charge on any atom is 0.326 e. The first-order chi connectivity index (χ1) is 15.3. The van der Waals surface area contributed by atoms with Gasteiger partial charge in [0.2, 0.25) is 11.8 Å². The number of carbonyl (C=O) groups is 3. The number of thiophene rings is 1. The van der Waals surface area contributed by atoms with Crippen LogP contribution in [0, 0.1) is 0 Å². The molecule has 0 spiro atoms. The van der Waals surface area contributed by atoms with Crippen LogP contribution in [0.1, 0.15) is 51.0 Å². The fraction of sp³-hybridized carbons (Fsp3) is 0.478. The molecule has 0 saturated heterocycles. The molecule has 2 amide bonds. The van der Waals surface area contributed by atoms with E-state index in [0.717, 1.165) is 29.8 Å². The summed E-state index contributed by atoms with van der Waals surface area (Å²) in [5.41, 5.74) is 0.447. The van der Waals surface area contributed by atoms with E-state index in [1.54, 1.807) is 17.5 Å². The summed E-state index contributed by atoms with van der Waals surface area (Å²) in [5, 5.41) is 16.7. The standard InChI is InChI=1S/C23H29N3O4S2.ClH/c1-2-6-18(31)20(27)26-23(10-3-4-11-23)22(30)25-17(21(28)29)13-15-8-9-16(24-14-15)19-7-5-12-32-19;/h5,7-9,12,14,17-18,31H,2-4,6,10-11,13H2,1H3,(H,25,30)(H,26,27)(H,28,29);1H/t17-,18-;/m0./s1. The number of carbonyl (C=O) groups excluding carboxylic acids is 2. The summed E-state index contributed by atoms with van der Waals surface area (Å²) in [6, 6.07) is 6.47. The van der Waals surface area contributed by atoms with Crippen molar-refractivity contribution in [2.45, 2.75) is 68.7 Å². The lowest BCUT2D eigenvalue weighted by atomic mass is 9.94. The number of hydrogen-bond acceptors (Lipinski definition) is 6. The lowest BCUT2D eigenvalue weighted by molar-refractivity contribution is -0.143. The third kappa shape index (κ3) is 6.94. The molecule has 1 saturated carbocycles. The van der Waals surface area contributed by atoms with Crippen molar-refractivity contribution in [1.82, 2.24) is 15.6 Å². The van der Waals surface area contributed by atoms with Crippen LogP contribution in [0.25, 0.3) is 10.6 Å². The second kappa shape index (κ2) is 12.4. The summed E-state index contributed by atoms with van der Waals surface area (Å²) in [5.74, 6) is -1.86. The molecule has 0 radical (unpaired) electrons. The number of aromatic nitrogens is 1. The van der Waals surface area contributed by atoms with Gasteiger partial charge in [-0.15, -0.1) is 23.7 Å². The maximum absolute atomic E-state index is 13.2. The van der Waals surface area contributed by atoms with Crippen molar-refractivity contribution in [2.75, 3.05) is 0 Å². The third-order valence-electron chi connectivity index (χ3n) is 5.76. The van der Waals surface area contributed by atoms with Crippen molar-refractivity contribution < 1.29 is 19.5 Å². The zero-order chi connectivity index (χ0) is 23.1. The maximum atomic E-state index is 13.2. The Kier molecular flexibility index (Phi) is 10.2. The van der Waals surface area contributed by atoms with Crippen molar-refractivity contribution in [3.63, 3.8) is 0 Å². The second-order valence-corrected chi connectivity index (χ2v) is 9.75. The molecule has 0 bridgehead atoms. The number of hydrogen-bond donors (Lipinski definition) is 4. The number of halogens is 1. The molecule has 10 heteroatoms. The van der Waals surface area contributed by atoms with Gasteiger partial charge >= 0.3 is 5.97 Å². The molecule has 2 atom stereocenters. The monoisotopic (exact) mass is 511 g/mol. The van der Waals surface area contributed by atoms with Crippen molar-refractivity contribution in [2.24, 2.45) is 0 Å². The largest absolute Gasteiger partial charge is 0.480 e. The highest BCUT2D eigenvalue weighted by Gasteiger charge is 2.44. The lowest BCUT2D eigenvalue weighted by Gasteiger charge is -2.31. The van der Waals surface area contributed by atoms with Crippen LogP contribution < -0.4 is 10.6 Å². The Morgan fingerprint density at radius 3 is 2.52 bits per heavy atom. The number of aliphatic carboxylic acids is 1. The topological polar surface area (TPSA) is 108 Å². The second-order valence-electron chi connectivity index (χ2n) is 8.18. The van der Waals surface area contributed by atoms with Gasteiger partial charge in [0.15, 0.2) is 0 Å². The van der Waals surface area contributed by atoms with Crippen LogP contribution in [0.15, 0.2) is 35.8 Å². The van der Waals surface area contributed by atoms with Crippen LogP contribution >= 0.6 is 36.4 Å². The quantitative estimate of drug-likeness (QED) is 0.362. The van der Waals surface area contributed by atoms with Crippen LogP contribution in [0.4, 0.5) is 0 Å². The average molecular weight is 512 g/mol. The van der Waals surface area contributed by atoms with E-state index in [9.17, 15) is 19.5 Å². The summed E-state index contributed by atoms with van der Waals surface area (Å²) in [6.45, 7) is 1.97. The highest BCUT2D eigenvalue weighted by atomic mass is 35.5. The van der Waals surface area contributed by atoms with E-state index in [1.165, 1.54) is 0 Å². The molecule has 2 heterocycles. The normalized spacial score (nSPS) is 16.3. The van der Waals surface area contributed by atoms with E-state index in [-0.39, 0.29) is 24.7 Å². The summed E-state index contributed by atoms with van der Waals surface area (Å²) in [7, 11) is 0. The number of amides is 2. The lowest BCUT2D eigenvalue weighted by Crippen LogP contribution is -2.61. The van der Waals surface area contributed by atoms with Gasteiger partial charge in [-0.3, -0.25) is 14.6 Å². The number of rotatable bonds is 10. The Morgan fingerprint density at radius 2 is 1.97 bits per heavy atom. The van der Waals surface area contributed by atoms with Crippen molar-refractivity contribution >= 4 is 54.2 Å². The molecule has 1 aliphatic rings. The fourth-order valence-corrected chi connectivity index (χ4v) is 4.98. The molecule has 180 valence electrons. The van der Waals surface area contributed by atoms with Gasteiger partial charge in [-0.2, -0.15) is 12.6 Å². The first-order valence-corrected chi connectivity index (χ1v) is 12.3. The van der Waals surface area contributed by atoms with Crippen LogP contribution in [0.5, 0.6) is 0 Å². The number of pyridine rings is 1. The smallest absolute Gasteiger partial charge is 0.326 e. The molecule has 1 fully saturated rings. The molecule has 0 aromatic carbocycles. The number of carboxylic acids is 1. The Balaban J connectivity index is 0.00000385. The van der Waals surface area contributed by atoms with Crippen LogP contribution in [0.2, 0.25) is 0 Å². The van der Waals surface area contributed by atoms with E-state index in [2.05, 4.69) is 28.2 Å². The number of nitrogens with zero attached hydrogens (tertiary/aromatic N) is 1. The molecule has 2 aromatic heterocycles. The van der Waals surface area contributed by atoms with Crippen molar-refractivity contribution in [3.8, 4) is 10.6 Å². The Bertz CT molecular complexity index is 932. The molecule has 33 heavy (non-hydrogen) atoms. The van der Waals surface area contributed by atoms with Crippen molar-refractivity contribution in [3.05, 3.63) is 41.4 Å². The van der Waals surface area contributed by atoms with Gasteiger partial charge in [0.25, 0.3) is 0 Å². The van der Waals surface area contributed by atoms with Crippen LogP contribution in [0.3, 0.4) is 0 Å². The molecule has 0 aliphatic heterocycles. The van der Waals surface area contributed by atoms with Gasteiger partial charge in [0.05, 0.1) is 15.8 Å². The number of thiol groups is 1. The van der Waals surface area contributed by atoms with Gasteiger partial charge in [-0.1, -0.05) is 38.3 Å². The minimum absolute atomic E-state index is 0. The van der Waals surface area contributed by atoms with E-state index in [1.807, 2.05) is 36.6 Å². The molecule has 0 unspecified atom stereocenters.